The van der Waals surface area contributed by atoms with Gasteiger partial charge in [-0.2, -0.15) is 0 Å². The van der Waals surface area contributed by atoms with Crippen LogP contribution in [0, 0.1) is 0 Å². The fraction of sp³-hybridized carbons (Fsp3) is 0.889. The minimum absolute atomic E-state index is 0.00667. The lowest BCUT2D eigenvalue weighted by molar-refractivity contribution is -0.136. The van der Waals surface area contributed by atoms with E-state index in [-0.39, 0.29) is 19.1 Å². The van der Waals surface area contributed by atoms with E-state index in [4.69, 9.17) is 20.1 Å². The van der Waals surface area contributed by atoms with Gasteiger partial charge in [0.25, 0.3) is 0 Å². The predicted molar refractivity (Wildman–Crippen MR) is 52.1 cm³/mol. The maximum atomic E-state index is 9.37. The van der Waals surface area contributed by atoms with Gasteiger partial charge >= 0.3 is 5.97 Å². The zero-order valence-corrected chi connectivity index (χ0v) is 8.93. The van der Waals surface area contributed by atoms with E-state index in [9.17, 15) is 4.79 Å². The fourth-order valence-electron chi connectivity index (χ4n) is 0.356. The number of rotatable bonds is 5. The van der Waals surface area contributed by atoms with E-state index in [0.717, 1.165) is 0 Å². The summed E-state index contributed by atoms with van der Waals surface area (Å²) >= 11 is 0. The number of carboxylic acids is 1. The molecule has 0 rings (SSSR count). The van der Waals surface area contributed by atoms with Gasteiger partial charge in [-0.25, -0.2) is 0 Å². The summed E-state index contributed by atoms with van der Waals surface area (Å²) in [6, 6.07) is 0. The summed E-state index contributed by atoms with van der Waals surface area (Å²) in [6.45, 7) is 5.29. The number of hydrogen-bond acceptors (Lipinski definition) is 4. The summed E-state index contributed by atoms with van der Waals surface area (Å²) in [5, 5.41) is 24.9. The van der Waals surface area contributed by atoms with Crippen LogP contribution >= 0.6 is 0 Å². The molecule has 0 saturated carbocycles. The Balaban J connectivity index is 0. The summed E-state index contributed by atoms with van der Waals surface area (Å²) in [5.41, 5.74) is 0. The van der Waals surface area contributed by atoms with E-state index in [1.165, 1.54) is 0 Å². The molecule has 0 heterocycles. The van der Waals surface area contributed by atoms with E-state index >= 15 is 0 Å². The smallest absolute Gasteiger partial charge is 0.303 e. The Bertz CT molecular complexity index is 135. The molecule has 0 aliphatic rings. The summed E-state index contributed by atoms with van der Waals surface area (Å²) < 4.78 is 4.95. The van der Waals surface area contributed by atoms with Crippen molar-refractivity contribution in [2.75, 3.05) is 13.2 Å². The molecule has 0 aromatic heterocycles. The average molecular weight is 208 g/mol. The Morgan fingerprint density at radius 3 is 2.07 bits per heavy atom. The highest BCUT2D eigenvalue weighted by molar-refractivity contribution is 5.66. The molecule has 0 amide bonds. The van der Waals surface area contributed by atoms with Crippen LogP contribution in [0.4, 0.5) is 0 Å². The quantitative estimate of drug-likeness (QED) is 0.602. The van der Waals surface area contributed by atoms with Crippen LogP contribution in [0.1, 0.15) is 27.2 Å². The van der Waals surface area contributed by atoms with Gasteiger partial charge in [0.2, 0.25) is 0 Å². The van der Waals surface area contributed by atoms with E-state index in [1.54, 1.807) is 20.8 Å². The van der Waals surface area contributed by atoms with Crippen molar-refractivity contribution >= 4 is 5.97 Å². The van der Waals surface area contributed by atoms with Gasteiger partial charge in [0.05, 0.1) is 25.4 Å². The predicted octanol–water partition coefficient (Wildman–Crippen LogP) is 0.246. The van der Waals surface area contributed by atoms with Crippen LogP contribution in [0.5, 0.6) is 0 Å². The lowest BCUT2D eigenvalue weighted by Crippen LogP contribution is -2.19. The van der Waals surface area contributed by atoms with Gasteiger partial charge in [-0.05, 0) is 13.8 Å². The monoisotopic (exact) mass is 208 g/mol. The van der Waals surface area contributed by atoms with Crippen molar-refractivity contribution in [3.05, 3.63) is 0 Å². The molecule has 0 fully saturated rings. The van der Waals surface area contributed by atoms with Gasteiger partial charge in [-0.15, -0.1) is 0 Å². The zero-order chi connectivity index (χ0) is 11.6. The first-order valence-corrected chi connectivity index (χ1v) is 4.56. The van der Waals surface area contributed by atoms with Crippen LogP contribution in [-0.2, 0) is 9.53 Å². The van der Waals surface area contributed by atoms with Gasteiger partial charge in [-0.1, -0.05) is 6.92 Å². The Kier molecular flexibility index (Phi) is 11.8. The van der Waals surface area contributed by atoms with Crippen LogP contribution in [0.3, 0.4) is 0 Å². The van der Waals surface area contributed by atoms with Crippen molar-refractivity contribution in [1.29, 1.82) is 0 Å². The number of aliphatic carboxylic acids is 1. The fourth-order valence-corrected chi connectivity index (χ4v) is 0.356. The van der Waals surface area contributed by atoms with Gasteiger partial charge in [0.15, 0.2) is 0 Å². The second kappa shape index (κ2) is 10.4. The number of ether oxygens (including phenoxy) is 1. The highest BCUT2D eigenvalue weighted by atomic mass is 16.5. The topological polar surface area (TPSA) is 87.0 Å². The molecule has 5 heteroatoms. The van der Waals surface area contributed by atoms with Crippen molar-refractivity contribution in [3.8, 4) is 0 Å². The summed E-state index contributed by atoms with van der Waals surface area (Å²) in [7, 11) is 0. The number of aliphatic hydroxyl groups is 2. The molecule has 0 aromatic rings. The molecule has 0 aliphatic heterocycles. The second-order valence-electron chi connectivity index (χ2n) is 2.92. The molecule has 3 N–H and O–H groups in total. The lowest BCUT2D eigenvalue weighted by Gasteiger charge is -2.10. The minimum atomic E-state index is -0.745. The first-order valence-electron chi connectivity index (χ1n) is 4.56. The molecular formula is C9H20O5. The molecule has 14 heavy (non-hydrogen) atoms. The standard InChI is InChI=1S/C6H14O3.C3H6O2/c1-5(8)4-9-6(2)3-7;1-2-3(4)5/h5-8H,3-4H2,1-2H3;2H2,1H3,(H,4,5). The molecule has 5 nitrogen and oxygen atoms in total. The Morgan fingerprint density at radius 2 is 1.86 bits per heavy atom. The van der Waals surface area contributed by atoms with Crippen molar-refractivity contribution in [2.24, 2.45) is 0 Å². The third-order valence-electron chi connectivity index (χ3n) is 1.18. The van der Waals surface area contributed by atoms with Gasteiger partial charge in [0, 0.05) is 6.42 Å². The Hall–Kier alpha value is -0.650. The van der Waals surface area contributed by atoms with Gasteiger partial charge < -0.3 is 20.1 Å². The molecular weight excluding hydrogens is 188 g/mol. The number of carboxylic acid groups (broad SMARTS) is 1. The second-order valence-corrected chi connectivity index (χ2v) is 2.92. The molecule has 2 unspecified atom stereocenters. The van der Waals surface area contributed by atoms with Crippen LogP contribution in [0.2, 0.25) is 0 Å². The SMILES string of the molecule is CC(O)COC(C)CO.CCC(=O)O. The van der Waals surface area contributed by atoms with Gasteiger partial charge in [-0.3, -0.25) is 4.79 Å². The van der Waals surface area contributed by atoms with Gasteiger partial charge in [0.1, 0.15) is 0 Å². The van der Waals surface area contributed by atoms with Crippen molar-refractivity contribution in [2.45, 2.75) is 39.4 Å². The highest BCUT2D eigenvalue weighted by Gasteiger charge is 2.00. The Morgan fingerprint density at radius 1 is 1.43 bits per heavy atom. The average Bonchev–Trinajstić information content (AvgIpc) is 2.14. The molecule has 0 saturated heterocycles. The maximum absolute atomic E-state index is 9.37. The van der Waals surface area contributed by atoms with E-state index in [2.05, 4.69) is 0 Å². The van der Waals surface area contributed by atoms with Crippen molar-refractivity contribution < 1.29 is 24.9 Å². The molecule has 0 radical (unpaired) electrons. The van der Waals surface area contributed by atoms with Crippen molar-refractivity contribution in [3.63, 3.8) is 0 Å². The van der Waals surface area contributed by atoms with Crippen LogP contribution < -0.4 is 0 Å². The van der Waals surface area contributed by atoms with E-state index in [1.807, 2.05) is 0 Å². The van der Waals surface area contributed by atoms with E-state index < -0.39 is 12.1 Å². The first-order chi connectivity index (χ1) is 6.43. The number of carbonyl (C=O) groups is 1. The summed E-state index contributed by atoms with van der Waals surface area (Å²) in [4.78, 5) is 9.37. The summed E-state index contributed by atoms with van der Waals surface area (Å²) in [6.07, 6.45) is -0.390. The lowest BCUT2D eigenvalue weighted by atomic mass is 10.4. The van der Waals surface area contributed by atoms with E-state index in [0.29, 0.717) is 6.61 Å². The molecule has 0 spiro atoms. The number of hydrogen-bond donors (Lipinski definition) is 3. The highest BCUT2D eigenvalue weighted by Crippen LogP contribution is 1.90. The third-order valence-corrected chi connectivity index (χ3v) is 1.18. The Labute approximate surface area is 84.3 Å². The van der Waals surface area contributed by atoms with Crippen LogP contribution in [0.15, 0.2) is 0 Å². The summed E-state index contributed by atoms with van der Waals surface area (Å²) in [5.74, 6) is -0.745. The molecule has 0 aliphatic carbocycles. The van der Waals surface area contributed by atoms with Crippen LogP contribution in [0.25, 0.3) is 0 Å². The minimum Gasteiger partial charge on any atom is -0.481 e. The normalized spacial score (nSPS) is 13.8. The zero-order valence-electron chi connectivity index (χ0n) is 8.93. The molecule has 2 atom stereocenters. The largest absolute Gasteiger partial charge is 0.481 e. The van der Waals surface area contributed by atoms with Crippen LogP contribution in [-0.4, -0.2) is 46.7 Å². The third kappa shape index (κ3) is 17.4. The molecule has 0 bridgehead atoms. The number of aliphatic hydroxyl groups excluding tert-OH is 2. The first kappa shape index (κ1) is 15.8. The molecule has 86 valence electrons. The molecule has 0 aromatic carbocycles. The van der Waals surface area contributed by atoms with Crippen molar-refractivity contribution in [1.82, 2.24) is 0 Å². The maximum Gasteiger partial charge on any atom is 0.303 e.